The molecule has 5 rings (SSSR count). The monoisotopic (exact) mass is 465 g/mol. The number of fused-ring (bicyclic) bond motifs is 2. The summed E-state index contributed by atoms with van der Waals surface area (Å²) < 4.78 is 12.2. The van der Waals surface area contributed by atoms with Crippen LogP contribution in [0.15, 0.2) is 42.5 Å². The molecule has 7 nitrogen and oxygen atoms in total. The van der Waals surface area contributed by atoms with Crippen LogP contribution in [0.4, 0.5) is 0 Å². The molecule has 1 amide bonds. The minimum absolute atomic E-state index is 0.102. The fourth-order valence-electron chi connectivity index (χ4n) is 5.33. The van der Waals surface area contributed by atoms with Gasteiger partial charge in [-0.05, 0) is 50.1 Å². The highest BCUT2D eigenvalue weighted by atomic mass is 16.5. The van der Waals surface area contributed by atoms with Crippen LogP contribution in [0.25, 0.3) is 0 Å². The van der Waals surface area contributed by atoms with E-state index in [1.54, 1.807) is 11.0 Å². The molecule has 0 spiro atoms. The molecule has 1 fully saturated rings. The van der Waals surface area contributed by atoms with Gasteiger partial charge in [-0.15, -0.1) is 0 Å². The Balaban J connectivity index is 1.23. The van der Waals surface area contributed by atoms with Gasteiger partial charge in [0.05, 0.1) is 18.2 Å². The normalized spacial score (nSPS) is 24.2. The third-order valence-corrected chi connectivity index (χ3v) is 7.04. The molecule has 182 valence electrons. The molecule has 7 heteroatoms. The number of aliphatic hydroxyl groups is 1. The summed E-state index contributed by atoms with van der Waals surface area (Å²) >= 11 is 0. The summed E-state index contributed by atoms with van der Waals surface area (Å²) in [6.45, 7) is 6.93. The van der Waals surface area contributed by atoms with Crippen molar-refractivity contribution in [2.45, 2.75) is 44.6 Å². The van der Waals surface area contributed by atoms with Crippen molar-refractivity contribution in [3.05, 3.63) is 59.2 Å². The van der Waals surface area contributed by atoms with Crippen LogP contribution in [-0.4, -0.2) is 90.3 Å². The topological polar surface area (TPSA) is 65.5 Å². The quantitative estimate of drug-likeness (QED) is 0.707. The number of hydrogen-bond acceptors (Lipinski definition) is 6. The molecule has 1 saturated heterocycles. The van der Waals surface area contributed by atoms with Gasteiger partial charge in [-0.25, -0.2) is 0 Å². The van der Waals surface area contributed by atoms with Crippen LogP contribution in [0, 0.1) is 0 Å². The van der Waals surface area contributed by atoms with Crippen molar-refractivity contribution in [2.75, 3.05) is 46.3 Å². The zero-order chi connectivity index (χ0) is 23.7. The molecule has 0 radical (unpaired) electrons. The van der Waals surface area contributed by atoms with E-state index >= 15 is 0 Å². The van der Waals surface area contributed by atoms with Gasteiger partial charge < -0.3 is 24.4 Å². The highest BCUT2D eigenvalue weighted by Crippen LogP contribution is 2.31. The lowest BCUT2D eigenvalue weighted by Crippen LogP contribution is -2.45. The lowest BCUT2D eigenvalue weighted by Gasteiger charge is -2.32. The van der Waals surface area contributed by atoms with Gasteiger partial charge in [-0.3, -0.25) is 9.69 Å². The van der Waals surface area contributed by atoms with Crippen molar-refractivity contribution in [3.63, 3.8) is 0 Å². The van der Waals surface area contributed by atoms with Crippen LogP contribution in [0.2, 0.25) is 0 Å². The molecule has 2 aromatic carbocycles. The van der Waals surface area contributed by atoms with Crippen molar-refractivity contribution in [3.8, 4) is 11.5 Å². The van der Waals surface area contributed by atoms with Crippen molar-refractivity contribution in [2.24, 2.45) is 0 Å². The average Bonchev–Trinajstić information content (AvgIpc) is 3.17. The summed E-state index contributed by atoms with van der Waals surface area (Å²) in [5.41, 5.74) is 3.24. The summed E-state index contributed by atoms with van der Waals surface area (Å²) in [4.78, 5) is 19.6. The summed E-state index contributed by atoms with van der Waals surface area (Å²) in [5, 5.41) is 10.9. The van der Waals surface area contributed by atoms with E-state index in [1.807, 2.05) is 19.1 Å². The second-order valence-corrected chi connectivity index (χ2v) is 9.99. The van der Waals surface area contributed by atoms with Crippen LogP contribution in [0.3, 0.4) is 0 Å². The molecule has 3 aliphatic heterocycles. The van der Waals surface area contributed by atoms with Crippen LogP contribution < -0.4 is 9.47 Å². The van der Waals surface area contributed by atoms with Gasteiger partial charge in [0.1, 0.15) is 23.7 Å². The van der Waals surface area contributed by atoms with E-state index in [0.29, 0.717) is 24.4 Å². The van der Waals surface area contributed by atoms with Gasteiger partial charge in [0.25, 0.3) is 5.91 Å². The first kappa shape index (κ1) is 23.1. The zero-order valence-electron chi connectivity index (χ0n) is 20.2. The Morgan fingerprint density at radius 1 is 1.12 bits per heavy atom. The number of nitrogens with zero attached hydrogens (tertiary/aromatic N) is 3. The first-order chi connectivity index (χ1) is 16.4. The maximum atomic E-state index is 13.3. The molecule has 0 unspecified atom stereocenters. The van der Waals surface area contributed by atoms with Gasteiger partial charge in [-0.2, -0.15) is 0 Å². The maximum Gasteiger partial charge on any atom is 0.257 e. The highest BCUT2D eigenvalue weighted by Gasteiger charge is 2.30. The molecule has 0 saturated carbocycles. The summed E-state index contributed by atoms with van der Waals surface area (Å²) in [5.74, 6) is 1.19. The van der Waals surface area contributed by atoms with Crippen molar-refractivity contribution < 1.29 is 19.4 Å². The molecule has 0 aromatic heterocycles. The van der Waals surface area contributed by atoms with Crippen LogP contribution in [0.5, 0.6) is 11.5 Å². The molecule has 2 aromatic rings. The van der Waals surface area contributed by atoms with E-state index in [9.17, 15) is 9.90 Å². The summed E-state index contributed by atoms with van der Waals surface area (Å²) in [7, 11) is 2.09. The predicted octanol–water partition coefficient (Wildman–Crippen LogP) is 2.41. The lowest BCUT2D eigenvalue weighted by atomic mass is 10.00. The molecule has 0 aliphatic carbocycles. The fraction of sp³-hybridized carbons (Fsp3) is 0.519. The van der Waals surface area contributed by atoms with Crippen LogP contribution in [-0.2, 0) is 13.0 Å². The lowest BCUT2D eigenvalue weighted by molar-refractivity contribution is 0.0454. The van der Waals surface area contributed by atoms with Gasteiger partial charge >= 0.3 is 0 Å². The number of likely N-dealkylation sites (tertiary alicyclic amines) is 1. The highest BCUT2D eigenvalue weighted by molar-refractivity contribution is 5.97. The predicted molar refractivity (Wildman–Crippen MR) is 130 cm³/mol. The number of carbonyl (C=O) groups is 1. The van der Waals surface area contributed by atoms with E-state index < -0.39 is 6.10 Å². The Hall–Kier alpha value is -2.61. The molecule has 0 bridgehead atoms. The third kappa shape index (κ3) is 5.22. The molecular formula is C27H35N3O4. The van der Waals surface area contributed by atoms with Gasteiger partial charge in [0, 0.05) is 45.3 Å². The Bertz CT molecular complexity index is 1030. The Morgan fingerprint density at radius 2 is 1.94 bits per heavy atom. The van der Waals surface area contributed by atoms with Gasteiger partial charge in [0.15, 0.2) is 0 Å². The number of amides is 1. The molecule has 3 atom stereocenters. The van der Waals surface area contributed by atoms with Gasteiger partial charge in [-0.1, -0.05) is 24.3 Å². The molecular weight excluding hydrogens is 430 g/mol. The van der Waals surface area contributed by atoms with E-state index in [4.69, 9.17) is 9.47 Å². The second kappa shape index (κ2) is 9.94. The number of β-amino-alcohol motifs (C(OH)–C–C–N with tert-alkyl or cyclic N) is 1. The third-order valence-electron chi connectivity index (χ3n) is 7.04. The Kier molecular flexibility index (Phi) is 6.77. The summed E-state index contributed by atoms with van der Waals surface area (Å²) in [6.07, 6.45) is 1.36. The smallest absolute Gasteiger partial charge is 0.257 e. The SMILES string of the molecule is C[C@@H]1CN(C[C@H](O)CN2CCc3ccccc3C2)C(=O)c2ccc(O[C@H]3CCN(C)C3)cc2O1. The molecule has 3 heterocycles. The number of aliphatic hydroxyl groups excluding tert-OH is 1. The van der Waals surface area contributed by atoms with Gasteiger partial charge in [0.2, 0.25) is 0 Å². The maximum absolute atomic E-state index is 13.3. The first-order valence-electron chi connectivity index (χ1n) is 12.4. The van der Waals surface area contributed by atoms with Crippen molar-refractivity contribution >= 4 is 5.91 Å². The number of likely N-dealkylation sites (N-methyl/N-ethyl adjacent to an activating group) is 1. The average molecular weight is 466 g/mol. The van der Waals surface area contributed by atoms with E-state index in [2.05, 4.69) is 41.1 Å². The standard InChI is InChI=1S/C27H35N3O4/c1-19-14-30(17-22(31)16-29-12-9-20-5-3-4-6-21(20)15-29)27(32)25-8-7-23(13-26(25)33-19)34-24-10-11-28(2)18-24/h3-8,13,19,22,24,31H,9-12,14-18H2,1-2H3/t19-,22-,24+/m1/s1. The molecule has 1 N–H and O–H groups in total. The van der Waals surface area contributed by atoms with Crippen molar-refractivity contribution in [1.29, 1.82) is 0 Å². The minimum atomic E-state index is -0.620. The molecule has 3 aliphatic rings. The van der Waals surface area contributed by atoms with E-state index in [0.717, 1.165) is 44.8 Å². The minimum Gasteiger partial charge on any atom is -0.489 e. The number of ether oxygens (including phenoxy) is 2. The van der Waals surface area contributed by atoms with E-state index in [-0.39, 0.29) is 24.7 Å². The molecule has 34 heavy (non-hydrogen) atoms. The number of rotatable bonds is 6. The van der Waals surface area contributed by atoms with Crippen molar-refractivity contribution in [1.82, 2.24) is 14.7 Å². The van der Waals surface area contributed by atoms with Crippen LogP contribution >= 0.6 is 0 Å². The number of carbonyl (C=O) groups excluding carboxylic acids is 1. The zero-order valence-corrected chi connectivity index (χ0v) is 20.2. The Labute approximate surface area is 201 Å². The first-order valence-corrected chi connectivity index (χ1v) is 12.4. The second-order valence-electron chi connectivity index (χ2n) is 9.99. The summed E-state index contributed by atoms with van der Waals surface area (Å²) in [6, 6.07) is 14.0. The number of hydrogen-bond donors (Lipinski definition) is 1. The fourth-order valence-corrected chi connectivity index (χ4v) is 5.33. The largest absolute Gasteiger partial charge is 0.489 e. The van der Waals surface area contributed by atoms with E-state index in [1.165, 1.54) is 11.1 Å². The van der Waals surface area contributed by atoms with Crippen LogP contribution in [0.1, 0.15) is 34.8 Å². The Morgan fingerprint density at radius 3 is 2.74 bits per heavy atom. The number of benzene rings is 2.